The van der Waals surface area contributed by atoms with Crippen LogP contribution >= 0.6 is 11.8 Å². The molecule has 0 aliphatic heterocycles. The van der Waals surface area contributed by atoms with Crippen molar-refractivity contribution in [1.82, 2.24) is 5.32 Å². The Morgan fingerprint density at radius 2 is 2.00 bits per heavy atom. The standard InChI is InChI=1S/C13H27NS/c1-5-15-13-8-6-7-12(13)14-11(4)9-10(2)3/h10-14H,5-9H2,1-4H3. The zero-order chi connectivity index (χ0) is 11.3. The maximum Gasteiger partial charge on any atom is 0.0201 e. The summed E-state index contributed by atoms with van der Waals surface area (Å²) in [6, 6.07) is 1.47. The summed E-state index contributed by atoms with van der Waals surface area (Å²) in [7, 11) is 0. The highest BCUT2D eigenvalue weighted by Gasteiger charge is 2.27. The van der Waals surface area contributed by atoms with Crippen LogP contribution in [0.2, 0.25) is 0 Å². The van der Waals surface area contributed by atoms with Crippen LogP contribution in [-0.4, -0.2) is 23.1 Å². The summed E-state index contributed by atoms with van der Waals surface area (Å²) >= 11 is 2.15. The van der Waals surface area contributed by atoms with E-state index < -0.39 is 0 Å². The molecular weight excluding hydrogens is 202 g/mol. The Bertz CT molecular complexity index is 170. The Balaban J connectivity index is 2.29. The maximum atomic E-state index is 3.82. The number of hydrogen-bond donors (Lipinski definition) is 1. The molecule has 1 fully saturated rings. The van der Waals surface area contributed by atoms with Crippen LogP contribution in [0, 0.1) is 5.92 Å². The predicted molar refractivity (Wildman–Crippen MR) is 71.6 cm³/mol. The highest BCUT2D eigenvalue weighted by atomic mass is 32.2. The van der Waals surface area contributed by atoms with Crippen molar-refractivity contribution in [1.29, 1.82) is 0 Å². The van der Waals surface area contributed by atoms with Gasteiger partial charge in [0.2, 0.25) is 0 Å². The molecule has 3 unspecified atom stereocenters. The number of rotatable bonds is 6. The van der Waals surface area contributed by atoms with Gasteiger partial charge in [0.15, 0.2) is 0 Å². The number of nitrogens with one attached hydrogen (secondary N) is 1. The van der Waals surface area contributed by atoms with Crippen molar-refractivity contribution in [2.75, 3.05) is 5.75 Å². The van der Waals surface area contributed by atoms with Crippen molar-refractivity contribution < 1.29 is 0 Å². The fourth-order valence-electron chi connectivity index (χ4n) is 2.67. The zero-order valence-electron chi connectivity index (χ0n) is 10.8. The van der Waals surface area contributed by atoms with Gasteiger partial charge in [0.05, 0.1) is 0 Å². The fraction of sp³-hybridized carbons (Fsp3) is 1.00. The molecule has 0 saturated heterocycles. The molecule has 0 aromatic rings. The molecule has 1 N–H and O–H groups in total. The average molecular weight is 229 g/mol. The molecule has 1 aliphatic rings. The summed E-state index contributed by atoms with van der Waals surface area (Å²) in [4.78, 5) is 0. The molecule has 1 nitrogen and oxygen atoms in total. The van der Waals surface area contributed by atoms with Crippen molar-refractivity contribution in [2.24, 2.45) is 5.92 Å². The zero-order valence-corrected chi connectivity index (χ0v) is 11.6. The first-order valence-electron chi connectivity index (χ1n) is 6.51. The molecule has 0 spiro atoms. The molecule has 1 aliphatic carbocycles. The van der Waals surface area contributed by atoms with Crippen molar-refractivity contribution in [3.05, 3.63) is 0 Å². The van der Waals surface area contributed by atoms with E-state index in [1.807, 2.05) is 0 Å². The van der Waals surface area contributed by atoms with Gasteiger partial charge < -0.3 is 5.32 Å². The van der Waals surface area contributed by atoms with E-state index in [0.29, 0.717) is 6.04 Å². The molecule has 1 rings (SSSR count). The molecule has 0 heterocycles. The van der Waals surface area contributed by atoms with E-state index in [4.69, 9.17) is 0 Å². The van der Waals surface area contributed by atoms with Gasteiger partial charge in [-0.2, -0.15) is 11.8 Å². The van der Waals surface area contributed by atoms with E-state index >= 15 is 0 Å². The average Bonchev–Trinajstić information content (AvgIpc) is 2.52. The van der Waals surface area contributed by atoms with Crippen molar-refractivity contribution in [2.45, 2.75) is 70.7 Å². The predicted octanol–water partition coefficient (Wildman–Crippen LogP) is 3.68. The molecule has 0 aromatic carbocycles. The Morgan fingerprint density at radius 1 is 1.27 bits per heavy atom. The first-order valence-corrected chi connectivity index (χ1v) is 7.56. The molecule has 90 valence electrons. The number of thioether (sulfide) groups is 1. The highest BCUT2D eigenvalue weighted by Crippen LogP contribution is 2.30. The van der Waals surface area contributed by atoms with Crippen molar-refractivity contribution in [3.63, 3.8) is 0 Å². The molecule has 2 heteroatoms. The Hall–Kier alpha value is 0.310. The van der Waals surface area contributed by atoms with Gasteiger partial charge in [0, 0.05) is 17.3 Å². The minimum Gasteiger partial charge on any atom is -0.310 e. The van der Waals surface area contributed by atoms with Gasteiger partial charge in [-0.05, 0) is 37.9 Å². The van der Waals surface area contributed by atoms with Gasteiger partial charge in [-0.1, -0.05) is 27.2 Å². The van der Waals surface area contributed by atoms with Gasteiger partial charge in [-0.3, -0.25) is 0 Å². The Kier molecular flexibility index (Phi) is 6.06. The lowest BCUT2D eigenvalue weighted by Gasteiger charge is -2.25. The first-order chi connectivity index (χ1) is 7.13. The van der Waals surface area contributed by atoms with Crippen LogP contribution in [0.3, 0.4) is 0 Å². The molecule has 0 amide bonds. The van der Waals surface area contributed by atoms with Crippen LogP contribution in [0.1, 0.15) is 53.4 Å². The third kappa shape index (κ3) is 4.78. The summed E-state index contributed by atoms with van der Waals surface area (Å²) in [6.07, 6.45) is 5.54. The molecule has 0 aromatic heterocycles. The van der Waals surface area contributed by atoms with E-state index in [-0.39, 0.29) is 0 Å². The van der Waals surface area contributed by atoms with Crippen LogP contribution in [0.5, 0.6) is 0 Å². The Morgan fingerprint density at radius 3 is 2.60 bits per heavy atom. The Labute approximate surface area is 99.8 Å². The molecule has 15 heavy (non-hydrogen) atoms. The second-order valence-corrected chi connectivity index (χ2v) is 6.74. The van der Waals surface area contributed by atoms with Crippen molar-refractivity contribution >= 4 is 11.8 Å². The summed E-state index contributed by atoms with van der Waals surface area (Å²) in [5, 5.41) is 4.70. The summed E-state index contributed by atoms with van der Waals surface area (Å²) in [5.74, 6) is 2.08. The van der Waals surface area contributed by atoms with Crippen LogP contribution in [0.15, 0.2) is 0 Å². The fourth-order valence-corrected chi connectivity index (χ4v) is 3.88. The topological polar surface area (TPSA) is 12.0 Å². The molecular formula is C13H27NS. The lowest BCUT2D eigenvalue weighted by atomic mass is 10.0. The lowest BCUT2D eigenvalue weighted by molar-refractivity contribution is 0.395. The smallest absolute Gasteiger partial charge is 0.0201 e. The van der Waals surface area contributed by atoms with E-state index in [0.717, 1.165) is 17.2 Å². The van der Waals surface area contributed by atoms with Crippen molar-refractivity contribution in [3.8, 4) is 0 Å². The van der Waals surface area contributed by atoms with Gasteiger partial charge in [0.25, 0.3) is 0 Å². The van der Waals surface area contributed by atoms with Crippen LogP contribution in [0.4, 0.5) is 0 Å². The maximum absolute atomic E-state index is 3.82. The van der Waals surface area contributed by atoms with E-state index in [9.17, 15) is 0 Å². The second kappa shape index (κ2) is 6.80. The van der Waals surface area contributed by atoms with Gasteiger partial charge in [-0.25, -0.2) is 0 Å². The summed E-state index contributed by atoms with van der Waals surface area (Å²) in [6.45, 7) is 9.24. The minimum absolute atomic E-state index is 0.688. The lowest BCUT2D eigenvalue weighted by Crippen LogP contribution is -2.40. The molecule has 1 saturated carbocycles. The monoisotopic (exact) mass is 229 g/mol. The second-order valence-electron chi connectivity index (χ2n) is 5.23. The summed E-state index contributed by atoms with van der Waals surface area (Å²) < 4.78 is 0. The largest absolute Gasteiger partial charge is 0.310 e. The van der Waals surface area contributed by atoms with E-state index in [1.54, 1.807) is 0 Å². The third-order valence-electron chi connectivity index (χ3n) is 3.16. The minimum atomic E-state index is 0.688. The quantitative estimate of drug-likeness (QED) is 0.745. The molecule has 0 radical (unpaired) electrons. The molecule has 0 bridgehead atoms. The van der Waals surface area contributed by atoms with Crippen LogP contribution in [-0.2, 0) is 0 Å². The normalized spacial score (nSPS) is 28.6. The van der Waals surface area contributed by atoms with Gasteiger partial charge in [-0.15, -0.1) is 0 Å². The SMILES string of the molecule is CCSC1CCCC1NC(C)CC(C)C. The summed E-state index contributed by atoms with van der Waals surface area (Å²) in [5.41, 5.74) is 0. The third-order valence-corrected chi connectivity index (χ3v) is 4.48. The van der Waals surface area contributed by atoms with Crippen LogP contribution in [0.25, 0.3) is 0 Å². The van der Waals surface area contributed by atoms with E-state index in [1.165, 1.54) is 31.4 Å². The van der Waals surface area contributed by atoms with Gasteiger partial charge in [0.1, 0.15) is 0 Å². The number of hydrogen-bond acceptors (Lipinski definition) is 2. The first kappa shape index (κ1) is 13.4. The van der Waals surface area contributed by atoms with E-state index in [2.05, 4.69) is 44.8 Å². The highest BCUT2D eigenvalue weighted by molar-refractivity contribution is 7.99. The molecule has 3 atom stereocenters. The van der Waals surface area contributed by atoms with Gasteiger partial charge >= 0.3 is 0 Å². The van der Waals surface area contributed by atoms with Crippen LogP contribution < -0.4 is 5.32 Å².